The minimum absolute atomic E-state index is 0.197. The number of ether oxygens (including phenoxy) is 1. The summed E-state index contributed by atoms with van der Waals surface area (Å²) in [6.45, 7) is 0. The van der Waals surface area contributed by atoms with Gasteiger partial charge in [0.1, 0.15) is 0 Å². The Kier molecular flexibility index (Phi) is 2.48. The Bertz CT molecular complexity index is 563. The second-order valence-corrected chi connectivity index (χ2v) is 3.33. The quantitative estimate of drug-likeness (QED) is 0.751. The van der Waals surface area contributed by atoms with Gasteiger partial charge in [0.25, 0.3) is 0 Å². The first-order valence-corrected chi connectivity index (χ1v) is 4.63. The van der Waals surface area contributed by atoms with E-state index in [1.807, 2.05) is 0 Å². The summed E-state index contributed by atoms with van der Waals surface area (Å²) >= 11 is 0. The summed E-state index contributed by atoms with van der Waals surface area (Å²) in [5, 5.41) is 10.0. The number of aromatic hydroxyl groups is 1. The molecular formula is C12H9FO3. The molecule has 0 aliphatic heterocycles. The number of esters is 1. The lowest BCUT2D eigenvalue weighted by molar-refractivity contribution is 0.0601. The Morgan fingerprint density at radius 2 is 2.00 bits per heavy atom. The summed E-state index contributed by atoms with van der Waals surface area (Å²) in [6, 6.07) is 7.36. The van der Waals surface area contributed by atoms with Crippen LogP contribution in [-0.2, 0) is 4.74 Å². The molecule has 0 aromatic heterocycles. The molecule has 16 heavy (non-hydrogen) atoms. The molecule has 3 nitrogen and oxygen atoms in total. The lowest BCUT2D eigenvalue weighted by Crippen LogP contribution is -2.00. The average Bonchev–Trinajstić information content (AvgIpc) is 2.32. The third kappa shape index (κ3) is 1.58. The van der Waals surface area contributed by atoms with Gasteiger partial charge in [-0.05, 0) is 23.6 Å². The Morgan fingerprint density at radius 3 is 2.69 bits per heavy atom. The van der Waals surface area contributed by atoms with Crippen LogP contribution in [0.15, 0.2) is 30.3 Å². The van der Waals surface area contributed by atoms with E-state index in [2.05, 4.69) is 4.74 Å². The second-order valence-electron chi connectivity index (χ2n) is 3.33. The highest BCUT2D eigenvalue weighted by molar-refractivity contribution is 5.95. The van der Waals surface area contributed by atoms with E-state index in [1.54, 1.807) is 18.2 Å². The maximum Gasteiger partial charge on any atom is 0.337 e. The van der Waals surface area contributed by atoms with Gasteiger partial charge >= 0.3 is 5.97 Å². The van der Waals surface area contributed by atoms with Crippen molar-refractivity contribution < 1.29 is 19.0 Å². The number of halogens is 1. The third-order valence-corrected chi connectivity index (χ3v) is 2.36. The molecule has 2 rings (SSSR count). The van der Waals surface area contributed by atoms with E-state index in [0.29, 0.717) is 5.39 Å². The number of carbonyl (C=O) groups is 1. The fraction of sp³-hybridized carbons (Fsp3) is 0.0833. The molecule has 0 radical (unpaired) electrons. The van der Waals surface area contributed by atoms with Crippen LogP contribution in [0.1, 0.15) is 10.4 Å². The van der Waals surface area contributed by atoms with Gasteiger partial charge < -0.3 is 9.84 Å². The summed E-state index contributed by atoms with van der Waals surface area (Å²) < 4.78 is 18.1. The zero-order valence-corrected chi connectivity index (χ0v) is 8.53. The molecule has 0 atom stereocenters. The van der Waals surface area contributed by atoms with Crippen molar-refractivity contribution in [2.24, 2.45) is 0 Å². The molecule has 1 N–H and O–H groups in total. The number of hydrogen-bond donors (Lipinski definition) is 1. The molecule has 2 aromatic carbocycles. The highest BCUT2D eigenvalue weighted by Crippen LogP contribution is 2.26. The summed E-state index contributed by atoms with van der Waals surface area (Å²) in [6.07, 6.45) is 0. The Hall–Kier alpha value is -2.10. The SMILES string of the molecule is COC(=O)c1ccc2ccc(O)c(F)c2c1. The summed E-state index contributed by atoms with van der Waals surface area (Å²) in [5.74, 6) is -1.71. The van der Waals surface area contributed by atoms with Gasteiger partial charge in [-0.1, -0.05) is 12.1 Å². The molecule has 0 amide bonds. The number of methoxy groups -OCH3 is 1. The van der Waals surface area contributed by atoms with Crippen molar-refractivity contribution in [3.05, 3.63) is 41.7 Å². The lowest BCUT2D eigenvalue weighted by atomic mass is 10.1. The average molecular weight is 220 g/mol. The van der Waals surface area contributed by atoms with Crippen molar-refractivity contribution in [1.82, 2.24) is 0 Å². The number of phenols is 1. The molecule has 0 saturated heterocycles. The van der Waals surface area contributed by atoms with Crippen molar-refractivity contribution in [1.29, 1.82) is 0 Å². The first-order chi connectivity index (χ1) is 7.63. The van der Waals surface area contributed by atoms with Crippen LogP contribution in [0.3, 0.4) is 0 Å². The minimum atomic E-state index is -0.733. The number of rotatable bonds is 1. The van der Waals surface area contributed by atoms with Gasteiger partial charge in [-0.15, -0.1) is 0 Å². The van der Waals surface area contributed by atoms with Crippen LogP contribution in [0.2, 0.25) is 0 Å². The van der Waals surface area contributed by atoms with Crippen molar-refractivity contribution in [2.45, 2.75) is 0 Å². The molecule has 0 saturated carbocycles. The van der Waals surface area contributed by atoms with Gasteiger partial charge in [-0.25, -0.2) is 9.18 Å². The van der Waals surface area contributed by atoms with Crippen LogP contribution >= 0.6 is 0 Å². The molecule has 0 aliphatic carbocycles. The minimum Gasteiger partial charge on any atom is -0.505 e. The molecule has 2 aromatic rings. The van der Waals surface area contributed by atoms with Gasteiger partial charge in [0.2, 0.25) is 0 Å². The number of phenolic OH excluding ortho intramolecular Hbond substituents is 1. The van der Waals surface area contributed by atoms with Crippen molar-refractivity contribution in [3.8, 4) is 5.75 Å². The van der Waals surface area contributed by atoms with Crippen LogP contribution < -0.4 is 0 Å². The monoisotopic (exact) mass is 220 g/mol. The highest BCUT2D eigenvalue weighted by atomic mass is 19.1. The van der Waals surface area contributed by atoms with Gasteiger partial charge in [0, 0.05) is 5.39 Å². The molecule has 0 bridgehead atoms. The van der Waals surface area contributed by atoms with Crippen LogP contribution in [0.25, 0.3) is 10.8 Å². The van der Waals surface area contributed by atoms with E-state index >= 15 is 0 Å². The van der Waals surface area contributed by atoms with E-state index in [-0.39, 0.29) is 10.9 Å². The predicted octanol–water partition coefficient (Wildman–Crippen LogP) is 2.47. The number of benzene rings is 2. The first kappa shape index (κ1) is 10.4. The normalized spacial score (nSPS) is 10.4. The van der Waals surface area contributed by atoms with Crippen molar-refractivity contribution >= 4 is 16.7 Å². The van der Waals surface area contributed by atoms with Gasteiger partial charge in [-0.3, -0.25) is 0 Å². The topological polar surface area (TPSA) is 46.5 Å². The molecule has 4 heteroatoms. The van der Waals surface area contributed by atoms with E-state index in [4.69, 9.17) is 0 Å². The number of carbonyl (C=O) groups excluding carboxylic acids is 1. The Balaban J connectivity index is 2.69. The molecule has 82 valence electrons. The van der Waals surface area contributed by atoms with Gasteiger partial charge in [0.05, 0.1) is 12.7 Å². The summed E-state index contributed by atoms with van der Waals surface area (Å²) in [4.78, 5) is 11.2. The zero-order valence-electron chi connectivity index (χ0n) is 8.53. The Morgan fingerprint density at radius 1 is 1.31 bits per heavy atom. The fourth-order valence-electron chi connectivity index (χ4n) is 1.52. The molecular weight excluding hydrogens is 211 g/mol. The maximum absolute atomic E-state index is 13.5. The predicted molar refractivity (Wildman–Crippen MR) is 56.9 cm³/mol. The second kappa shape index (κ2) is 3.81. The van der Waals surface area contributed by atoms with Crippen LogP contribution in [0, 0.1) is 5.82 Å². The van der Waals surface area contributed by atoms with Gasteiger partial charge in [0.15, 0.2) is 11.6 Å². The lowest BCUT2D eigenvalue weighted by Gasteiger charge is -2.04. The van der Waals surface area contributed by atoms with E-state index in [1.165, 1.54) is 19.2 Å². The smallest absolute Gasteiger partial charge is 0.337 e. The molecule has 0 spiro atoms. The molecule has 0 fully saturated rings. The molecule has 0 heterocycles. The largest absolute Gasteiger partial charge is 0.505 e. The molecule has 0 aliphatic rings. The van der Waals surface area contributed by atoms with Crippen LogP contribution in [0.4, 0.5) is 4.39 Å². The van der Waals surface area contributed by atoms with E-state index < -0.39 is 17.5 Å². The number of fused-ring (bicyclic) bond motifs is 1. The summed E-state index contributed by atoms with van der Waals surface area (Å²) in [5.41, 5.74) is 0.250. The third-order valence-electron chi connectivity index (χ3n) is 2.36. The van der Waals surface area contributed by atoms with Gasteiger partial charge in [-0.2, -0.15) is 0 Å². The van der Waals surface area contributed by atoms with Crippen molar-refractivity contribution in [2.75, 3.05) is 7.11 Å². The van der Waals surface area contributed by atoms with E-state index in [9.17, 15) is 14.3 Å². The molecule has 0 unspecified atom stereocenters. The highest BCUT2D eigenvalue weighted by Gasteiger charge is 2.10. The Labute approximate surface area is 91.1 Å². The van der Waals surface area contributed by atoms with Crippen LogP contribution in [-0.4, -0.2) is 18.2 Å². The fourth-order valence-corrected chi connectivity index (χ4v) is 1.52. The van der Waals surface area contributed by atoms with Crippen LogP contribution in [0.5, 0.6) is 5.75 Å². The van der Waals surface area contributed by atoms with E-state index in [0.717, 1.165) is 0 Å². The standard InChI is InChI=1S/C12H9FO3/c1-16-12(15)8-3-2-7-4-5-10(14)11(13)9(7)6-8/h2-6,14H,1H3. The zero-order chi connectivity index (χ0) is 11.7. The van der Waals surface area contributed by atoms with Crippen molar-refractivity contribution in [3.63, 3.8) is 0 Å². The first-order valence-electron chi connectivity index (χ1n) is 4.63. The number of hydrogen-bond acceptors (Lipinski definition) is 3. The maximum atomic E-state index is 13.5. The summed E-state index contributed by atoms with van der Waals surface area (Å²) in [7, 11) is 1.26.